The first-order chi connectivity index (χ1) is 15.1. The molecule has 5 nitrogen and oxygen atoms in total. The molecule has 2 aromatic carbocycles. The molecule has 0 atom stereocenters. The summed E-state index contributed by atoms with van der Waals surface area (Å²) in [4.78, 5) is 25.1. The first kappa shape index (κ1) is 20.1. The van der Waals surface area contributed by atoms with Crippen LogP contribution in [-0.4, -0.2) is 24.0 Å². The number of ether oxygens (including phenoxy) is 1. The van der Waals surface area contributed by atoms with E-state index >= 15 is 0 Å². The van der Waals surface area contributed by atoms with Gasteiger partial charge in [-0.2, -0.15) is 0 Å². The lowest BCUT2D eigenvalue weighted by atomic mass is 9.53. The van der Waals surface area contributed by atoms with Gasteiger partial charge in [0.2, 0.25) is 0 Å². The van der Waals surface area contributed by atoms with Crippen LogP contribution in [0, 0.1) is 17.8 Å². The first-order valence-corrected chi connectivity index (χ1v) is 11.4. The van der Waals surface area contributed by atoms with Crippen molar-refractivity contribution in [3.8, 4) is 5.75 Å². The van der Waals surface area contributed by atoms with Crippen LogP contribution in [0.15, 0.2) is 54.6 Å². The molecule has 2 N–H and O–H groups in total. The zero-order valence-corrected chi connectivity index (χ0v) is 17.8. The van der Waals surface area contributed by atoms with Gasteiger partial charge in [-0.3, -0.25) is 9.59 Å². The van der Waals surface area contributed by atoms with Gasteiger partial charge in [-0.15, -0.1) is 0 Å². The average Bonchev–Trinajstić information content (AvgIpc) is 2.76. The Labute approximate surface area is 183 Å². The molecule has 2 aromatic rings. The topological polar surface area (TPSA) is 67.4 Å². The molecule has 0 saturated heterocycles. The van der Waals surface area contributed by atoms with E-state index in [4.69, 9.17) is 4.74 Å². The lowest BCUT2D eigenvalue weighted by Crippen LogP contribution is -2.60. The molecular formula is C26H30N2O3. The minimum atomic E-state index is -0.160. The van der Waals surface area contributed by atoms with Crippen molar-refractivity contribution in [1.82, 2.24) is 10.6 Å². The quantitative estimate of drug-likeness (QED) is 0.712. The lowest BCUT2D eigenvalue weighted by molar-refractivity contribution is -0.128. The molecule has 2 amide bonds. The fourth-order valence-electron chi connectivity index (χ4n) is 6.35. The molecule has 0 radical (unpaired) electrons. The molecular weight excluding hydrogens is 388 g/mol. The number of rotatable bonds is 7. The molecule has 0 unspecified atom stereocenters. The van der Waals surface area contributed by atoms with Crippen LogP contribution in [0.4, 0.5) is 0 Å². The maximum absolute atomic E-state index is 12.7. The zero-order chi connectivity index (χ0) is 21.3. The van der Waals surface area contributed by atoms with Crippen LogP contribution in [0.25, 0.3) is 0 Å². The minimum Gasteiger partial charge on any atom is -0.484 e. The second-order valence-electron chi connectivity index (χ2n) is 9.73. The smallest absolute Gasteiger partial charge is 0.258 e. The summed E-state index contributed by atoms with van der Waals surface area (Å²) in [5.74, 6) is 2.69. The molecule has 0 aromatic heterocycles. The molecule has 4 fully saturated rings. The molecule has 4 aliphatic carbocycles. The van der Waals surface area contributed by atoms with Gasteiger partial charge < -0.3 is 15.4 Å². The van der Waals surface area contributed by atoms with Crippen molar-refractivity contribution >= 4 is 11.8 Å². The SMILES string of the molecule is O=C(COc1cccc(C(=O)NCc2ccccc2)c1)NC12CC3CC(CC(C3)C1)C2. The van der Waals surface area contributed by atoms with Gasteiger partial charge in [0.05, 0.1) is 0 Å². The number of benzene rings is 2. The van der Waals surface area contributed by atoms with Gasteiger partial charge in [0.1, 0.15) is 5.75 Å². The van der Waals surface area contributed by atoms with Crippen molar-refractivity contribution in [3.05, 3.63) is 65.7 Å². The normalized spacial score (nSPS) is 28.2. The Morgan fingerprint density at radius 3 is 2.26 bits per heavy atom. The highest BCUT2D eigenvalue weighted by Gasteiger charge is 2.51. The Morgan fingerprint density at radius 2 is 1.58 bits per heavy atom. The number of carbonyl (C=O) groups is 2. The van der Waals surface area contributed by atoms with Gasteiger partial charge in [0, 0.05) is 17.6 Å². The predicted molar refractivity (Wildman–Crippen MR) is 119 cm³/mol. The zero-order valence-electron chi connectivity index (χ0n) is 17.8. The standard InChI is InChI=1S/C26H30N2O3/c29-24(28-26-13-19-9-20(14-26)11-21(10-19)15-26)17-31-23-8-4-7-22(12-23)25(30)27-16-18-5-2-1-3-6-18/h1-8,12,19-21H,9-11,13-17H2,(H,27,30)(H,28,29). The Hall–Kier alpha value is -2.82. The van der Waals surface area contributed by atoms with E-state index in [0.717, 1.165) is 42.6 Å². The maximum atomic E-state index is 12.7. The van der Waals surface area contributed by atoms with E-state index in [-0.39, 0.29) is 24.0 Å². The number of amides is 2. The highest BCUT2D eigenvalue weighted by Crippen LogP contribution is 2.55. The van der Waals surface area contributed by atoms with E-state index in [1.807, 2.05) is 30.3 Å². The summed E-state index contributed by atoms with van der Waals surface area (Å²) in [6.07, 6.45) is 7.44. The van der Waals surface area contributed by atoms with Gasteiger partial charge in [0.15, 0.2) is 6.61 Å². The van der Waals surface area contributed by atoms with Crippen molar-refractivity contribution < 1.29 is 14.3 Å². The van der Waals surface area contributed by atoms with E-state index in [2.05, 4.69) is 10.6 Å². The van der Waals surface area contributed by atoms with E-state index in [1.54, 1.807) is 24.3 Å². The minimum absolute atomic E-state index is 0.00559. The fraction of sp³-hybridized carbons (Fsp3) is 0.462. The molecule has 4 aliphatic rings. The van der Waals surface area contributed by atoms with Gasteiger partial charge in [-0.1, -0.05) is 36.4 Å². The highest BCUT2D eigenvalue weighted by atomic mass is 16.5. The number of hydrogen-bond acceptors (Lipinski definition) is 3. The van der Waals surface area contributed by atoms with Crippen LogP contribution in [0.3, 0.4) is 0 Å². The predicted octanol–water partition coefficient (Wildman–Crippen LogP) is 4.08. The van der Waals surface area contributed by atoms with E-state index in [1.165, 1.54) is 19.3 Å². The second-order valence-corrected chi connectivity index (χ2v) is 9.73. The molecule has 31 heavy (non-hydrogen) atoms. The summed E-state index contributed by atoms with van der Waals surface area (Å²) >= 11 is 0. The molecule has 4 bridgehead atoms. The third-order valence-corrected chi connectivity index (χ3v) is 7.20. The highest BCUT2D eigenvalue weighted by molar-refractivity contribution is 5.94. The molecule has 0 aliphatic heterocycles. The molecule has 5 heteroatoms. The van der Waals surface area contributed by atoms with Crippen molar-refractivity contribution in [2.24, 2.45) is 17.8 Å². The largest absolute Gasteiger partial charge is 0.484 e. The molecule has 162 valence electrons. The van der Waals surface area contributed by atoms with Gasteiger partial charge in [0.25, 0.3) is 11.8 Å². The van der Waals surface area contributed by atoms with Crippen molar-refractivity contribution in [1.29, 1.82) is 0 Å². The van der Waals surface area contributed by atoms with E-state index in [9.17, 15) is 9.59 Å². The Morgan fingerprint density at radius 1 is 0.903 bits per heavy atom. The van der Waals surface area contributed by atoms with Gasteiger partial charge in [-0.25, -0.2) is 0 Å². The summed E-state index contributed by atoms with van der Waals surface area (Å²) in [6, 6.07) is 16.8. The fourth-order valence-corrected chi connectivity index (χ4v) is 6.35. The van der Waals surface area contributed by atoms with Crippen LogP contribution in [0.1, 0.15) is 54.4 Å². The van der Waals surface area contributed by atoms with Crippen LogP contribution < -0.4 is 15.4 Å². The van der Waals surface area contributed by atoms with Crippen LogP contribution >= 0.6 is 0 Å². The van der Waals surface area contributed by atoms with Crippen LogP contribution in [-0.2, 0) is 11.3 Å². The average molecular weight is 419 g/mol. The van der Waals surface area contributed by atoms with Crippen LogP contribution in [0.2, 0.25) is 0 Å². The third kappa shape index (κ3) is 4.60. The summed E-state index contributed by atoms with van der Waals surface area (Å²) in [5.41, 5.74) is 1.56. The van der Waals surface area contributed by atoms with Gasteiger partial charge in [-0.05, 0) is 80.0 Å². The Bertz CT molecular complexity index is 921. The number of hydrogen-bond donors (Lipinski definition) is 2. The first-order valence-electron chi connectivity index (χ1n) is 11.4. The summed E-state index contributed by atoms with van der Waals surface area (Å²) in [7, 11) is 0. The van der Waals surface area contributed by atoms with Crippen LogP contribution in [0.5, 0.6) is 5.75 Å². The van der Waals surface area contributed by atoms with E-state index < -0.39 is 0 Å². The third-order valence-electron chi connectivity index (χ3n) is 7.20. The van der Waals surface area contributed by atoms with Crippen molar-refractivity contribution in [2.75, 3.05) is 6.61 Å². The second kappa shape index (κ2) is 8.37. The Kier molecular flexibility index (Phi) is 5.43. The van der Waals surface area contributed by atoms with Crippen molar-refractivity contribution in [2.45, 2.75) is 50.6 Å². The number of carbonyl (C=O) groups excluding carboxylic acids is 2. The van der Waals surface area contributed by atoms with Gasteiger partial charge >= 0.3 is 0 Å². The molecule has 4 saturated carbocycles. The van der Waals surface area contributed by atoms with Crippen molar-refractivity contribution in [3.63, 3.8) is 0 Å². The monoisotopic (exact) mass is 418 g/mol. The Balaban J connectivity index is 1.14. The maximum Gasteiger partial charge on any atom is 0.258 e. The number of nitrogens with one attached hydrogen (secondary N) is 2. The summed E-state index contributed by atoms with van der Waals surface area (Å²) in [6.45, 7) is 0.453. The molecule has 6 rings (SSSR count). The molecule has 0 heterocycles. The summed E-state index contributed by atoms with van der Waals surface area (Å²) < 4.78 is 5.74. The molecule has 0 spiro atoms. The lowest BCUT2D eigenvalue weighted by Gasteiger charge is -2.56. The van der Waals surface area contributed by atoms with E-state index in [0.29, 0.717) is 17.9 Å². The summed E-state index contributed by atoms with van der Waals surface area (Å²) in [5, 5.41) is 6.25.